The maximum Gasteiger partial charge on any atom is 0.416 e. The van der Waals surface area contributed by atoms with Crippen LogP contribution < -0.4 is 5.32 Å². The molecule has 0 radical (unpaired) electrons. The van der Waals surface area contributed by atoms with Gasteiger partial charge in [-0.05, 0) is 37.5 Å². The molecule has 4 nitrogen and oxygen atoms in total. The molecule has 0 heterocycles. The number of alkyl halides is 3. The first-order valence-electron chi connectivity index (χ1n) is 7.41. The molecule has 1 amide bonds. The number of nitrogens with one attached hydrogen (secondary N) is 1. The van der Waals surface area contributed by atoms with Gasteiger partial charge in [-0.1, -0.05) is 18.9 Å². The van der Waals surface area contributed by atoms with E-state index in [1.165, 1.54) is 19.1 Å². The van der Waals surface area contributed by atoms with Gasteiger partial charge in [-0.15, -0.1) is 0 Å². The molecule has 0 spiro atoms. The molecule has 1 aromatic carbocycles. The van der Waals surface area contributed by atoms with Crippen molar-refractivity contribution < 1.29 is 27.9 Å². The standard InChI is InChI=1S/C16H18F3NO3/c1-9-6-7-10(8-13(9)16(17,18)19)20-14(21)11-4-2-3-5-12(11)15(22)23/h6-8,11-12H,2-5H2,1H3,(H,20,21)(H,22,23)/t11-,12+/m1/s1. The Bertz CT molecular complexity index is 613. The lowest BCUT2D eigenvalue weighted by Gasteiger charge is -2.27. The maximum atomic E-state index is 12.9. The van der Waals surface area contributed by atoms with E-state index in [-0.39, 0.29) is 11.3 Å². The number of anilines is 1. The zero-order chi connectivity index (χ0) is 17.2. The Labute approximate surface area is 131 Å². The first kappa shape index (κ1) is 17.3. The lowest BCUT2D eigenvalue weighted by atomic mass is 9.78. The zero-order valence-corrected chi connectivity index (χ0v) is 12.6. The maximum absolute atomic E-state index is 12.9. The van der Waals surface area contributed by atoms with Gasteiger partial charge in [-0.3, -0.25) is 9.59 Å². The van der Waals surface area contributed by atoms with Gasteiger partial charge in [0.15, 0.2) is 0 Å². The third kappa shape index (κ3) is 4.03. The highest BCUT2D eigenvalue weighted by Crippen LogP contribution is 2.35. The van der Waals surface area contributed by atoms with Crippen LogP contribution in [0.3, 0.4) is 0 Å². The van der Waals surface area contributed by atoms with Crippen molar-refractivity contribution in [3.05, 3.63) is 29.3 Å². The third-order valence-corrected chi connectivity index (χ3v) is 4.23. The van der Waals surface area contributed by atoms with E-state index in [4.69, 9.17) is 0 Å². The normalized spacial score (nSPS) is 21.7. The van der Waals surface area contributed by atoms with Crippen LogP contribution in [0.5, 0.6) is 0 Å². The molecule has 1 fully saturated rings. The number of aryl methyl sites for hydroxylation is 1. The van der Waals surface area contributed by atoms with Crippen LogP contribution in [0.25, 0.3) is 0 Å². The lowest BCUT2D eigenvalue weighted by Crippen LogP contribution is -2.36. The number of carboxylic acids is 1. The summed E-state index contributed by atoms with van der Waals surface area (Å²) in [6.07, 6.45) is -2.18. The number of hydrogen-bond donors (Lipinski definition) is 2. The molecule has 0 aromatic heterocycles. The van der Waals surface area contributed by atoms with Gasteiger partial charge in [0.2, 0.25) is 5.91 Å². The molecule has 0 aliphatic heterocycles. The Kier molecular flexibility index (Phi) is 4.97. The number of hydrogen-bond acceptors (Lipinski definition) is 2. The fraction of sp³-hybridized carbons (Fsp3) is 0.500. The van der Waals surface area contributed by atoms with Crippen LogP contribution in [-0.2, 0) is 15.8 Å². The minimum atomic E-state index is -4.50. The van der Waals surface area contributed by atoms with E-state index in [0.29, 0.717) is 12.8 Å². The van der Waals surface area contributed by atoms with Crippen LogP contribution in [0.4, 0.5) is 18.9 Å². The Morgan fingerprint density at radius 3 is 2.35 bits per heavy atom. The molecule has 2 N–H and O–H groups in total. The summed E-state index contributed by atoms with van der Waals surface area (Å²) in [5, 5.41) is 11.6. The van der Waals surface area contributed by atoms with Crippen LogP contribution in [-0.4, -0.2) is 17.0 Å². The number of carbonyl (C=O) groups is 2. The van der Waals surface area contributed by atoms with Gasteiger partial charge in [0.25, 0.3) is 0 Å². The highest BCUT2D eigenvalue weighted by Gasteiger charge is 2.36. The summed E-state index contributed by atoms with van der Waals surface area (Å²) in [4.78, 5) is 23.5. The predicted octanol–water partition coefficient (Wildman–Crippen LogP) is 3.84. The molecule has 0 saturated heterocycles. The van der Waals surface area contributed by atoms with Gasteiger partial charge in [-0.2, -0.15) is 13.2 Å². The second kappa shape index (κ2) is 6.60. The molecule has 1 aromatic rings. The van der Waals surface area contributed by atoms with E-state index >= 15 is 0 Å². The highest BCUT2D eigenvalue weighted by atomic mass is 19.4. The van der Waals surface area contributed by atoms with Gasteiger partial charge in [0.05, 0.1) is 17.4 Å². The Morgan fingerprint density at radius 2 is 1.78 bits per heavy atom. The van der Waals surface area contributed by atoms with Gasteiger partial charge in [0.1, 0.15) is 0 Å². The van der Waals surface area contributed by atoms with Gasteiger partial charge in [-0.25, -0.2) is 0 Å². The highest BCUT2D eigenvalue weighted by molar-refractivity contribution is 5.95. The molecule has 126 valence electrons. The minimum Gasteiger partial charge on any atom is -0.481 e. The van der Waals surface area contributed by atoms with Crippen molar-refractivity contribution in [2.24, 2.45) is 11.8 Å². The molecule has 2 atom stereocenters. The Balaban J connectivity index is 2.18. The summed E-state index contributed by atoms with van der Waals surface area (Å²) in [6.45, 7) is 1.34. The molecule has 0 unspecified atom stereocenters. The average Bonchev–Trinajstić information content (AvgIpc) is 2.48. The minimum absolute atomic E-state index is 0.0302. The number of rotatable bonds is 3. The predicted molar refractivity (Wildman–Crippen MR) is 77.9 cm³/mol. The molecule has 1 saturated carbocycles. The SMILES string of the molecule is Cc1ccc(NC(=O)[C@@H]2CCCC[C@@H]2C(=O)O)cc1C(F)(F)F. The van der Waals surface area contributed by atoms with E-state index in [0.717, 1.165) is 18.9 Å². The second-order valence-corrected chi connectivity index (χ2v) is 5.85. The lowest BCUT2D eigenvalue weighted by molar-refractivity contribution is -0.147. The molecular weight excluding hydrogens is 311 g/mol. The number of carboxylic acid groups (broad SMARTS) is 1. The smallest absolute Gasteiger partial charge is 0.416 e. The Morgan fingerprint density at radius 1 is 1.17 bits per heavy atom. The van der Waals surface area contributed by atoms with Crippen LogP contribution in [0.2, 0.25) is 0 Å². The number of carbonyl (C=O) groups excluding carboxylic acids is 1. The molecule has 1 aliphatic carbocycles. The summed E-state index contributed by atoms with van der Waals surface area (Å²) in [6, 6.07) is 3.56. The fourth-order valence-corrected chi connectivity index (χ4v) is 2.98. The monoisotopic (exact) mass is 329 g/mol. The molecule has 23 heavy (non-hydrogen) atoms. The van der Waals surface area contributed by atoms with Crippen LogP contribution in [0.1, 0.15) is 36.8 Å². The van der Waals surface area contributed by atoms with Crippen LogP contribution >= 0.6 is 0 Å². The number of benzene rings is 1. The summed E-state index contributed by atoms with van der Waals surface area (Å²) >= 11 is 0. The summed E-state index contributed by atoms with van der Waals surface area (Å²) < 4.78 is 38.7. The van der Waals surface area contributed by atoms with Crippen molar-refractivity contribution in [2.45, 2.75) is 38.8 Å². The summed E-state index contributed by atoms with van der Waals surface area (Å²) in [5.74, 6) is -3.06. The van der Waals surface area contributed by atoms with Crippen molar-refractivity contribution in [3.63, 3.8) is 0 Å². The van der Waals surface area contributed by atoms with Crippen molar-refractivity contribution in [2.75, 3.05) is 5.32 Å². The second-order valence-electron chi connectivity index (χ2n) is 5.85. The first-order chi connectivity index (χ1) is 10.7. The number of amides is 1. The quantitative estimate of drug-likeness (QED) is 0.885. The summed E-state index contributed by atoms with van der Waals surface area (Å²) in [7, 11) is 0. The number of aliphatic carboxylic acids is 1. The van der Waals surface area contributed by atoms with Crippen molar-refractivity contribution in [3.8, 4) is 0 Å². The summed E-state index contributed by atoms with van der Waals surface area (Å²) in [5.41, 5.74) is -0.715. The fourth-order valence-electron chi connectivity index (χ4n) is 2.98. The largest absolute Gasteiger partial charge is 0.481 e. The molecule has 1 aliphatic rings. The topological polar surface area (TPSA) is 66.4 Å². The van der Waals surface area contributed by atoms with Crippen LogP contribution in [0.15, 0.2) is 18.2 Å². The van der Waals surface area contributed by atoms with Crippen molar-refractivity contribution >= 4 is 17.6 Å². The van der Waals surface area contributed by atoms with Gasteiger partial charge >= 0.3 is 12.1 Å². The average molecular weight is 329 g/mol. The van der Waals surface area contributed by atoms with Crippen molar-refractivity contribution in [1.82, 2.24) is 0 Å². The van der Waals surface area contributed by atoms with Crippen molar-refractivity contribution in [1.29, 1.82) is 0 Å². The first-order valence-corrected chi connectivity index (χ1v) is 7.41. The van der Waals surface area contributed by atoms with Gasteiger partial charge in [0, 0.05) is 5.69 Å². The van der Waals surface area contributed by atoms with Gasteiger partial charge < -0.3 is 10.4 Å². The Hall–Kier alpha value is -2.05. The molecule has 2 rings (SSSR count). The van der Waals surface area contributed by atoms with Crippen LogP contribution in [0, 0.1) is 18.8 Å². The molecule has 7 heteroatoms. The van der Waals surface area contributed by atoms with E-state index in [2.05, 4.69) is 5.32 Å². The molecule has 0 bridgehead atoms. The van der Waals surface area contributed by atoms with E-state index in [9.17, 15) is 27.9 Å². The van der Waals surface area contributed by atoms with E-state index in [1.807, 2.05) is 0 Å². The number of halogens is 3. The third-order valence-electron chi connectivity index (χ3n) is 4.23. The van der Waals surface area contributed by atoms with E-state index < -0.39 is 35.5 Å². The molecular formula is C16H18F3NO3. The zero-order valence-electron chi connectivity index (χ0n) is 12.6. The van der Waals surface area contributed by atoms with E-state index in [1.54, 1.807) is 0 Å².